The molecule has 2 aromatic heterocycles. The molecular formula is C19H17N3O2S. The summed E-state index contributed by atoms with van der Waals surface area (Å²) in [6.45, 7) is -0.0782. The number of nitrogens with zero attached hydrogens (tertiary/aromatic N) is 1. The zero-order valence-electron chi connectivity index (χ0n) is 13.4. The standard InChI is InChI=1S/C19H17N3O2S/c23-17(13-21-19(24)16-7-4-12-25-16)22-18(14-5-2-1-3-6-14)15-8-10-20-11-9-15/h1-12,18H,13H2,(H,21,24)(H,22,23). The van der Waals surface area contributed by atoms with Crippen molar-refractivity contribution in [1.29, 1.82) is 0 Å². The summed E-state index contributed by atoms with van der Waals surface area (Å²) in [5.41, 5.74) is 1.89. The van der Waals surface area contributed by atoms with Crippen LogP contribution in [0.3, 0.4) is 0 Å². The van der Waals surface area contributed by atoms with Gasteiger partial charge in [-0.2, -0.15) is 0 Å². The second-order valence-electron chi connectivity index (χ2n) is 5.35. The van der Waals surface area contributed by atoms with E-state index in [4.69, 9.17) is 0 Å². The van der Waals surface area contributed by atoms with Crippen molar-refractivity contribution in [2.75, 3.05) is 6.54 Å². The highest BCUT2D eigenvalue weighted by atomic mass is 32.1. The molecule has 1 atom stereocenters. The number of nitrogens with one attached hydrogen (secondary N) is 2. The Bertz CT molecular complexity index is 781. The molecule has 126 valence electrons. The molecule has 3 aromatic rings. The second kappa shape index (κ2) is 8.21. The first kappa shape index (κ1) is 16.9. The predicted octanol–water partition coefficient (Wildman–Crippen LogP) is 2.78. The van der Waals surface area contributed by atoms with Crippen molar-refractivity contribution in [3.8, 4) is 0 Å². The van der Waals surface area contributed by atoms with E-state index in [9.17, 15) is 9.59 Å². The maximum atomic E-state index is 12.3. The highest BCUT2D eigenvalue weighted by molar-refractivity contribution is 7.12. The van der Waals surface area contributed by atoms with E-state index < -0.39 is 0 Å². The van der Waals surface area contributed by atoms with Crippen LogP contribution in [0, 0.1) is 0 Å². The van der Waals surface area contributed by atoms with Crippen LogP contribution in [0.5, 0.6) is 0 Å². The molecule has 2 heterocycles. The second-order valence-corrected chi connectivity index (χ2v) is 6.30. The molecule has 3 rings (SSSR count). The number of amides is 2. The van der Waals surface area contributed by atoms with E-state index in [0.717, 1.165) is 11.1 Å². The van der Waals surface area contributed by atoms with E-state index in [1.807, 2.05) is 47.8 Å². The first-order valence-electron chi connectivity index (χ1n) is 7.80. The minimum Gasteiger partial charge on any atom is -0.344 e. The molecule has 1 unspecified atom stereocenters. The maximum absolute atomic E-state index is 12.3. The number of aromatic nitrogens is 1. The van der Waals surface area contributed by atoms with Gasteiger partial charge in [0.05, 0.1) is 17.5 Å². The van der Waals surface area contributed by atoms with Crippen LogP contribution in [0.1, 0.15) is 26.8 Å². The van der Waals surface area contributed by atoms with Crippen molar-refractivity contribution < 1.29 is 9.59 Å². The van der Waals surface area contributed by atoms with Gasteiger partial charge in [-0.1, -0.05) is 36.4 Å². The molecule has 0 aliphatic heterocycles. The highest BCUT2D eigenvalue weighted by Gasteiger charge is 2.17. The highest BCUT2D eigenvalue weighted by Crippen LogP contribution is 2.21. The molecule has 0 radical (unpaired) electrons. The molecular weight excluding hydrogens is 334 g/mol. The lowest BCUT2D eigenvalue weighted by atomic mass is 10.00. The molecule has 0 spiro atoms. The number of benzene rings is 1. The first-order valence-corrected chi connectivity index (χ1v) is 8.68. The summed E-state index contributed by atoms with van der Waals surface area (Å²) in [6.07, 6.45) is 3.38. The van der Waals surface area contributed by atoms with Gasteiger partial charge in [-0.05, 0) is 34.7 Å². The van der Waals surface area contributed by atoms with Gasteiger partial charge in [-0.15, -0.1) is 11.3 Å². The van der Waals surface area contributed by atoms with Crippen LogP contribution < -0.4 is 10.6 Å². The Labute approximate surface area is 149 Å². The Kier molecular flexibility index (Phi) is 5.53. The van der Waals surface area contributed by atoms with Gasteiger partial charge in [0.1, 0.15) is 0 Å². The van der Waals surface area contributed by atoms with Gasteiger partial charge in [0, 0.05) is 12.4 Å². The van der Waals surface area contributed by atoms with Crippen molar-refractivity contribution in [2.45, 2.75) is 6.04 Å². The fraction of sp³-hybridized carbons (Fsp3) is 0.105. The predicted molar refractivity (Wildman–Crippen MR) is 97.3 cm³/mol. The first-order chi connectivity index (χ1) is 12.2. The lowest BCUT2D eigenvalue weighted by molar-refractivity contribution is -0.120. The van der Waals surface area contributed by atoms with Gasteiger partial charge in [0.25, 0.3) is 5.91 Å². The average molecular weight is 351 g/mol. The van der Waals surface area contributed by atoms with E-state index in [-0.39, 0.29) is 24.4 Å². The number of carbonyl (C=O) groups is 2. The number of thiophene rings is 1. The minimum atomic E-state index is -0.296. The smallest absolute Gasteiger partial charge is 0.261 e. The maximum Gasteiger partial charge on any atom is 0.261 e. The van der Waals surface area contributed by atoms with Crippen molar-refractivity contribution in [2.24, 2.45) is 0 Å². The normalized spacial score (nSPS) is 11.5. The topological polar surface area (TPSA) is 71.1 Å². The molecule has 5 nitrogen and oxygen atoms in total. The Morgan fingerprint density at radius 3 is 2.36 bits per heavy atom. The Balaban J connectivity index is 1.68. The van der Waals surface area contributed by atoms with Crippen molar-refractivity contribution in [1.82, 2.24) is 15.6 Å². The van der Waals surface area contributed by atoms with Gasteiger partial charge in [-0.25, -0.2) is 0 Å². The Hall–Kier alpha value is -2.99. The van der Waals surface area contributed by atoms with Gasteiger partial charge < -0.3 is 10.6 Å². The third-order valence-corrected chi connectivity index (χ3v) is 4.50. The van der Waals surface area contributed by atoms with Crippen LogP contribution in [0.15, 0.2) is 72.4 Å². The van der Waals surface area contributed by atoms with Gasteiger partial charge in [-0.3, -0.25) is 14.6 Å². The van der Waals surface area contributed by atoms with Crippen LogP contribution in [-0.4, -0.2) is 23.3 Å². The molecule has 6 heteroatoms. The zero-order valence-corrected chi connectivity index (χ0v) is 14.2. The van der Waals surface area contributed by atoms with Gasteiger partial charge >= 0.3 is 0 Å². The molecule has 2 N–H and O–H groups in total. The molecule has 0 bridgehead atoms. The molecule has 0 saturated carbocycles. The van der Waals surface area contributed by atoms with Crippen LogP contribution in [0.2, 0.25) is 0 Å². The van der Waals surface area contributed by atoms with Crippen molar-refractivity contribution >= 4 is 23.2 Å². The molecule has 25 heavy (non-hydrogen) atoms. The lowest BCUT2D eigenvalue weighted by Gasteiger charge is -2.20. The summed E-state index contributed by atoms with van der Waals surface area (Å²) in [6, 6.07) is 16.6. The SMILES string of the molecule is O=C(CNC(=O)c1cccs1)NC(c1ccccc1)c1ccncc1. The third-order valence-electron chi connectivity index (χ3n) is 3.63. The summed E-state index contributed by atoms with van der Waals surface area (Å²) in [7, 11) is 0. The fourth-order valence-corrected chi connectivity index (χ4v) is 3.07. The molecule has 1 aromatic carbocycles. The zero-order chi connectivity index (χ0) is 17.5. The number of pyridine rings is 1. The van der Waals surface area contributed by atoms with Crippen LogP contribution in [-0.2, 0) is 4.79 Å². The molecule has 0 saturated heterocycles. The van der Waals surface area contributed by atoms with Gasteiger partial charge in [0.2, 0.25) is 5.91 Å². The molecule has 0 aliphatic carbocycles. The largest absolute Gasteiger partial charge is 0.344 e. The van der Waals surface area contributed by atoms with Crippen LogP contribution >= 0.6 is 11.3 Å². The van der Waals surface area contributed by atoms with Gasteiger partial charge in [0.15, 0.2) is 0 Å². The summed E-state index contributed by atoms with van der Waals surface area (Å²) < 4.78 is 0. The minimum absolute atomic E-state index is 0.0782. The van der Waals surface area contributed by atoms with E-state index in [2.05, 4.69) is 15.6 Å². The number of hydrogen-bond acceptors (Lipinski definition) is 4. The molecule has 2 amide bonds. The third kappa shape index (κ3) is 4.51. The monoisotopic (exact) mass is 351 g/mol. The van der Waals surface area contributed by atoms with E-state index >= 15 is 0 Å². The van der Waals surface area contributed by atoms with E-state index in [0.29, 0.717) is 4.88 Å². The lowest BCUT2D eigenvalue weighted by Crippen LogP contribution is -2.38. The summed E-state index contributed by atoms with van der Waals surface area (Å²) in [4.78, 5) is 28.9. The van der Waals surface area contributed by atoms with Crippen LogP contribution in [0.25, 0.3) is 0 Å². The number of hydrogen-bond donors (Lipinski definition) is 2. The quantitative estimate of drug-likeness (QED) is 0.717. The number of rotatable bonds is 6. The number of carbonyl (C=O) groups excluding carboxylic acids is 2. The molecule has 0 aliphatic rings. The average Bonchev–Trinajstić information content (AvgIpc) is 3.20. The van der Waals surface area contributed by atoms with Crippen LogP contribution in [0.4, 0.5) is 0 Å². The van der Waals surface area contributed by atoms with Crippen molar-refractivity contribution in [3.63, 3.8) is 0 Å². The summed E-state index contributed by atoms with van der Waals surface area (Å²) in [5.74, 6) is -0.499. The Morgan fingerprint density at radius 1 is 0.960 bits per heavy atom. The molecule has 0 fully saturated rings. The fourth-order valence-electron chi connectivity index (χ4n) is 2.43. The van der Waals surface area contributed by atoms with E-state index in [1.165, 1.54) is 11.3 Å². The Morgan fingerprint density at radius 2 is 1.68 bits per heavy atom. The van der Waals surface area contributed by atoms with E-state index in [1.54, 1.807) is 24.5 Å². The van der Waals surface area contributed by atoms with Crippen molar-refractivity contribution in [3.05, 3.63) is 88.4 Å². The summed E-state index contributed by atoms with van der Waals surface area (Å²) >= 11 is 1.34. The summed E-state index contributed by atoms with van der Waals surface area (Å²) in [5, 5.41) is 7.44.